The van der Waals surface area contributed by atoms with Gasteiger partial charge in [-0.25, -0.2) is 0 Å². The van der Waals surface area contributed by atoms with E-state index >= 15 is 0 Å². The van der Waals surface area contributed by atoms with Gasteiger partial charge in [-0.15, -0.1) is 0 Å². The van der Waals surface area contributed by atoms with Gasteiger partial charge in [0.2, 0.25) is 0 Å². The molecule has 3 nitrogen and oxygen atoms in total. The van der Waals surface area contributed by atoms with Crippen LogP contribution in [0.4, 0.5) is 0 Å². The summed E-state index contributed by atoms with van der Waals surface area (Å²) < 4.78 is 0. The number of nitrogens with two attached hydrogens (primary N) is 1. The lowest BCUT2D eigenvalue weighted by molar-refractivity contribution is -0.114. The van der Waals surface area contributed by atoms with Gasteiger partial charge in [0.05, 0.1) is 5.57 Å². The van der Waals surface area contributed by atoms with Gasteiger partial charge in [-0.2, -0.15) is 0 Å². The zero-order valence-electron chi connectivity index (χ0n) is 7.08. The Hall–Kier alpha value is -1.51. The van der Waals surface area contributed by atoms with E-state index < -0.39 is 5.91 Å². The predicted molar refractivity (Wildman–Crippen MR) is 48.5 cm³/mol. The lowest BCUT2D eigenvalue weighted by atomic mass is 10.2. The highest BCUT2D eigenvalue weighted by Crippen LogP contribution is 2.03. The number of aliphatic hydroxyl groups excluding tert-OH is 1. The molecule has 0 atom stereocenters. The van der Waals surface area contributed by atoms with Crippen molar-refractivity contribution in [1.82, 2.24) is 0 Å². The van der Waals surface area contributed by atoms with E-state index in [-0.39, 0.29) is 11.3 Å². The van der Waals surface area contributed by atoms with Crippen molar-refractivity contribution in [2.75, 3.05) is 0 Å². The Morgan fingerprint density at radius 2 is 2.25 bits per heavy atom. The van der Waals surface area contributed by atoms with Crippen LogP contribution in [0.3, 0.4) is 0 Å². The summed E-state index contributed by atoms with van der Waals surface area (Å²) in [5, 5.41) is 9.23. The quantitative estimate of drug-likeness (QED) is 0.378. The molecule has 1 amide bonds. The van der Waals surface area contributed by atoms with Crippen molar-refractivity contribution >= 4 is 5.91 Å². The fraction of sp³-hybridized carbons (Fsp3) is 0.222. The van der Waals surface area contributed by atoms with Crippen LogP contribution in [0.25, 0.3) is 0 Å². The highest BCUT2D eigenvalue weighted by atomic mass is 16.3. The first-order valence-electron chi connectivity index (χ1n) is 3.65. The summed E-state index contributed by atoms with van der Waals surface area (Å²) in [6, 6.07) is 0. The third kappa shape index (κ3) is 3.05. The highest BCUT2D eigenvalue weighted by molar-refractivity contribution is 5.95. The minimum atomic E-state index is -0.678. The Morgan fingerprint density at radius 3 is 2.58 bits per heavy atom. The van der Waals surface area contributed by atoms with Crippen LogP contribution < -0.4 is 5.73 Å². The van der Waals surface area contributed by atoms with Crippen molar-refractivity contribution in [3.8, 4) is 0 Å². The number of hydrogen-bond acceptors (Lipinski definition) is 2. The van der Waals surface area contributed by atoms with Gasteiger partial charge < -0.3 is 10.8 Å². The van der Waals surface area contributed by atoms with Gasteiger partial charge in [0.1, 0.15) is 5.76 Å². The smallest absolute Gasteiger partial charge is 0.252 e. The number of hydrogen-bond donors (Lipinski definition) is 2. The Kier molecular flexibility index (Phi) is 4.53. The first kappa shape index (κ1) is 10.5. The molecule has 66 valence electrons. The van der Waals surface area contributed by atoms with Gasteiger partial charge in [0.15, 0.2) is 0 Å². The monoisotopic (exact) mass is 167 g/mol. The second-order valence-corrected chi connectivity index (χ2v) is 2.18. The lowest BCUT2D eigenvalue weighted by Crippen LogP contribution is -2.13. The zero-order valence-corrected chi connectivity index (χ0v) is 7.08. The summed E-state index contributed by atoms with van der Waals surface area (Å²) in [4.78, 5) is 10.6. The van der Waals surface area contributed by atoms with Crippen LogP contribution >= 0.6 is 0 Å². The van der Waals surface area contributed by atoms with E-state index in [9.17, 15) is 9.90 Å². The van der Waals surface area contributed by atoms with Crippen molar-refractivity contribution < 1.29 is 9.90 Å². The topological polar surface area (TPSA) is 63.3 Å². The molecule has 3 heteroatoms. The maximum atomic E-state index is 10.6. The molecule has 0 aliphatic heterocycles. The Labute approximate surface area is 71.9 Å². The van der Waals surface area contributed by atoms with Crippen molar-refractivity contribution in [2.45, 2.75) is 13.3 Å². The summed E-state index contributed by atoms with van der Waals surface area (Å²) >= 11 is 0. The van der Waals surface area contributed by atoms with E-state index in [2.05, 4.69) is 6.58 Å². The lowest BCUT2D eigenvalue weighted by Gasteiger charge is -1.96. The van der Waals surface area contributed by atoms with Crippen molar-refractivity contribution in [3.63, 3.8) is 0 Å². The molecule has 0 saturated heterocycles. The molecule has 0 heterocycles. The minimum Gasteiger partial charge on any atom is -0.507 e. The molecule has 0 aliphatic rings. The van der Waals surface area contributed by atoms with Gasteiger partial charge in [-0.05, 0) is 12.5 Å². The van der Waals surface area contributed by atoms with Crippen LogP contribution in [0.15, 0.2) is 36.1 Å². The van der Waals surface area contributed by atoms with Crippen molar-refractivity contribution in [2.24, 2.45) is 5.73 Å². The van der Waals surface area contributed by atoms with Crippen LogP contribution in [-0.2, 0) is 4.79 Å². The van der Waals surface area contributed by atoms with Crippen LogP contribution in [0.1, 0.15) is 13.3 Å². The highest BCUT2D eigenvalue weighted by Gasteiger charge is 2.04. The average Bonchev–Trinajstić information content (AvgIpc) is 2.01. The molecule has 0 aromatic heterocycles. The van der Waals surface area contributed by atoms with Crippen molar-refractivity contribution in [3.05, 3.63) is 36.1 Å². The largest absolute Gasteiger partial charge is 0.507 e. The predicted octanol–water partition coefficient (Wildman–Crippen LogP) is 1.44. The average molecular weight is 167 g/mol. The first-order valence-corrected chi connectivity index (χ1v) is 3.65. The molecule has 0 aromatic rings. The van der Waals surface area contributed by atoms with E-state index in [0.717, 1.165) is 6.42 Å². The van der Waals surface area contributed by atoms with Crippen LogP contribution in [0, 0.1) is 0 Å². The van der Waals surface area contributed by atoms with Gasteiger partial charge in [-0.3, -0.25) is 4.79 Å². The minimum absolute atomic E-state index is 0.0414. The van der Waals surface area contributed by atoms with Crippen LogP contribution in [-0.4, -0.2) is 11.0 Å². The molecule has 0 aliphatic carbocycles. The molecule has 0 saturated carbocycles. The molecule has 0 radical (unpaired) electrons. The molecule has 0 spiro atoms. The molecule has 3 N–H and O–H groups in total. The fourth-order valence-electron chi connectivity index (χ4n) is 0.651. The van der Waals surface area contributed by atoms with Crippen LogP contribution in [0.2, 0.25) is 0 Å². The third-order valence-electron chi connectivity index (χ3n) is 1.26. The van der Waals surface area contributed by atoms with E-state index in [1.807, 2.05) is 6.92 Å². The Balaban J connectivity index is 4.72. The molecule has 12 heavy (non-hydrogen) atoms. The summed E-state index contributed by atoms with van der Waals surface area (Å²) in [6.45, 7) is 5.28. The number of allylic oxidation sites excluding steroid dienone is 2. The molecular weight excluding hydrogens is 154 g/mol. The molecular formula is C9H13NO2. The summed E-state index contributed by atoms with van der Waals surface area (Å²) in [5.74, 6) is -0.817. The second kappa shape index (κ2) is 5.18. The normalized spacial score (nSPS) is 12.8. The van der Waals surface area contributed by atoms with Gasteiger partial charge in [-0.1, -0.05) is 25.7 Å². The summed E-state index contributed by atoms with van der Waals surface area (Å²) in [7, 11) is 0. The summed E-state index contributed by atoms with van der Waals surface area (Å²) in [5.41, 5.74) is 5.00. The van der Waals surface area contributed by atoms with Gasteiger partial charge >= 0.3 is 0 Å². The molecule has 0 fully saturated rings. The third-order valence-corrected chi connectivity index (χ3v) is 1.26. The number of rotatable bonds is 4. The van der Waals surface area contributed by atoms with E-state index in [0.29, 0.717) is 0 Å². The maximum Gasteiger partial charge on any atom is 0.252 e. The van der Waals surface area contributed by atoms with Crippen molar-refractivity contribution in [1.29, 1.82) is 0 Å². The number of carbonyl (C=O) groups excluding carboxylic acids is 1. The van der Waals surface area contributed by atoms with Gasteiger partial charge in [0.25, 0.3) is 5.91 Å². The van der Waals surface area contributed by atoms with Gasteiger partial charge in [0, 0.05) is 0 Å². The summed E-state index contributed by atoms with van der Waals surface area (Å²) in [6.07, 6.45) is 5.18. The maximum absolute atomic E-state index is 10.6. The molecule has 0 rings (SSSR count). The number of amides is 1. The van der Waals surface area contributed by atoms with E-state index in [1.165, 1.54) is 12.2 Å². The number of aliphatic hydroxyl groups is 1. The van der Waals surface area contributed by atoms with E-state index in [1.54, 1.807) is 6.08 Å². The van der Waals surface area contributed by atoms with Crippen LogP contribution in [0.5, 0.6) is 0 Å². The second-order valence-electron chi connectivity index (χ2n) is 2.18. The standard InChI is InChI=1S/C9H13NO2/c1-3-5-6-8(11)7(4-2)9(10)12/h4-6,11H,2-3H2,1H3,(H2,10,12)/b6-5-,8-7-. The first-order chi connectivity index (χ1) is 5.63. The zero-order chi connectivity index (χ0) is 9.56. The number of carbonyl (C=O) groups is 1. The molecule has 0 bridgehead atoms. The Bertz CT molecular complexity index is 239. The fourth-order valence-corrected chi connectivity index (χ4v) is 0.651. The molecule has 0 aromatic carbocycles. The SMILES string of the molecule is C=C/C(C(N)=O)=C(O)\C=C/CC. The van der Waals surface area contributed by atoms with E-state index in [4.69, 9.17) is 5.73 Å². The number of primary amides is 1. The molecule has 0 unspecified atom stereocenters. The Morgan fingerprint density at radius 1 is 1.67 bits per heavy atom.